The van der Waals surface area contributed by atoms with Crippen LogP contribution in [0.25, 0.3) is 0 Å². The number of nitrogens with zero attached hydrogens (tertiary/aromatic N) is 1. The van der Waals surface area contributed by atoms with E-state index in [1.165, 1.54) is 0 Å². The van der Waals surface area contributed by atoms with Crippen LogP contribution >= 0.6 is 0 Å². The summed E-state index contributed by atoms with van der Waals surface area (Å²) in [7, 11) is 0.635. The minimum absolute atomic E-state index is 0.515. The summed E-state index contributed by atoms with van der Waals surface area (Å²) in [4.78, 5) is 2.14. The van der Waals surface area contributed by atoms with E-state index >= 15 is 0 Å². The van der Waals surface area contributed by atoms with Crippen molar-refractivity contribution in [2.24, 2.45) is 0 Å². The number of rotatable bonds is 4. The van der Waals surface area contributed by atoms with Crippen LogP contribution in [0.1, 0.15) is 5.56 Å². The summed E-state index contributed by atoms with van der Waals surface area (Å²) < 4.78 is 0. The summed E-state index contributed by atoms with van der Waals surface area (Å²) in [5.41, 5.74) is 2.80. The second-order valence-electron chi connectivity index (χ2n) is 4.31. The first-order valence-electron chi connectivity index (χ1n) is 5.88. The lowest BCUT2D eigenvalue weighted by molar-refractivity contribution is 0.426. The van der Waals surface area contributed by atoms with E-state index in [-0.39, 0.29) is 0 Å². The third-order valence-electron chi connectivity index (χ3n) is 2.89. The molecule has 2 rings (SSSR count). The molecular formula is C14H16BNO2. The van der Waals surface area contributed by atoms with Gasteiger partial charge in [-0.3, -0.25) is 0 Å². The third-order valence-corrected chi connectivity index (χ3v) is 2.89. The molecule has 2 N–H and O–H groups in total. The molecule has 18 heavy (non-hydrogen) atoms. The van der Waals surface area contributed by atoms with Gasteiger partial charge in [-0.1, -0.05) is 42.5 Å². The van der Waals surface area contributed by atoms with Gasteiger partial charge in [0, 0.05) is 19.3 Å². The van der Waals surface area contributed by atoms with Gasteiger partial charge in [0.2, 0.25) is 0 Å². The summed E-state index contributed by atoms with van der Waals surface area (Å²) in [6.45, 7) is 0.784. The van der Waals surface area contributed by atoms with Crippen molar-refractivity contribution in [2.75, 3.05) is 11.9 Å². The van der Waals surface area contributed by atoms with Crippen molar-refractivity contribution in [1.82, 2.24) is 0 Å². The van der Waals surface area contributed by atoms with Gasteiger partial charge in [0.15, 0.2) is 0 Å². The molecule has 0 fully saturated rings. The van der Waals surface area contributed by atoms with Crippen LogP contribution in [0, 0.1) is 0 Å². The predicted octanol–water partition coefficient (Wildman–Crippen LogP) is 1.00. The quantitative estimate of drug-likeness (QED) is 0.785. The fourth-order valence-corrected chi connectivity index (χ4v) is 1.84. The molecule has 2 aromatic carbocycles. The van der Waals surface area contributed by atoms with E-state index < -0.39 is 7.12 Å². The topological polar surface area (TPSA) is 43.7 Å². The molecule has 0 spiro atoms. The zero-order valence-electron chi connectivity index (χ0n) is 10.3. The molecular weight excluding hydrogens is 225 g/mol. The van der Waals surface area contributed by atoms with Crippen LogP contribution in [0.3, 0.4) is 0 Å². The van der Waals surface area contributed by atoms with Crippen LogP contribution < -0.4 is 10.4 Å². The number of benzene rings is 2. The van der Waals surface area contributed by atoms with E-state index in [2.05, 4.69) is 17.0 Å². The van der Waals surface area contributed by atoms with Gasteiger partial charge in [0.1, 0.15) is 0 Å². The summed E-state index contributed by atoms with van der Waals surface area (Å²) in [5, 5.41) is 18.0. The SMILES string of the molecule is CN(Cc1ccc(B(O)O)cc1)c1ccccc1. The Bertz CT molecular complexity index is 485. The molecule has 0 saturated carbocycles. The molecule has 0 radical (unpaired) electrons. The van der Waals surface area contributed by atoms with E-state index in [9.17, 15) is 0 Å². The molecule has 0 heterocycles. The molecule has 0 amide bonds. The van der Waals surface area contributed by atoms with Crippen molar-refractivity contribution in [3.8, 4) is 0 Å². The minimum atomic E-state index is -1.40. The fourth-order valence-electron chi connectivity index (χ4n) is 1.84. The highest BCUT2D eigenvalue weighted by Gasteiger charge is 2.10. The van der Waals surface area contributed by atoms with Crippen molar-refractivity contribution in [2.45, 2.75) is 6.54 Å². The molecule has 0 aliphatic carbocycles. The predicted molar refractivity (Wildman–Crippen MR) is 74.8 cm³/mol. The van der Waals surface area contributed by atoms with Crippen LogP contribution in [0.4, 0.5) is 5.69 Å². The molecule has 0 unspecified atom stereocenters. The van der Waals surface area contributed by atoms with E-state index in [1.54, 1.807) is 12.1 Å². The van der Waals surface area contributed by atoms with Crippen LogP contribution in [-0.2, 0) is 6.54 Å². The Kier molecular flexibility index (Phi) is 4.02. The van der Waals surface area contributed by atoms with Gasteiger partial charge >= 0.3 is 7.12 Å². The first-order valence-corrected chi connectivity index (χ1v) is 5.88. The fraction of sp³-hybridized carbons (Fsp3) is 0.143. The maximum Gasteiger partial charge on any atom is 0.488 e. The molecule has 0 saturated heterocycles. The second kappa shape index (κ2) is 5.71. The number of hydrogen-bond acceptors (Lipinski definition) is 3. The molecule has 0 aliphatic heterocycles. The van der Waals surface area contributed by atoms with Gasteiger partial charge < -0.3 is 14.9 Å². The summed E-state index contributed by atoms with van der Waals surface area (Å²) >= 11 is 0. The van der Waals surface area contributed by atoms with E-state index in [0.29, 0.717) is 5.46 Å². The Morgan fingerprint density at radius 2 is 1.56 bits per heavy atom. The Morgan fingerprint density at radius 1 is 0.944 bits per heavy atom. The minimum Gasteiger partial charge on any atom is -0.423 e. The van der Waals surface area contributed by atoms with Crippen LogP contribution in [0.15, 0.2) is 54.6 Å². The van der Waals surface area contributed by atoms with Crippen LogP contribution in [-0.4, -0.2) is 24.2 Å². The zero-order valence-corrected chi connectivity index (χ0v) is 10.3. The highest BCUT2D eigenvalue weighted by Crippen LogP contribution is 2.13. The van der Waals surface area contributed by atoms with Gasteiger partial charge in [-0.15, -0.1) is 0 Å². The standard InChI is InChI=1S/C14H16BNO2/c1-16(14-5-3-2-4-6-14)11-12-7-9-13(10-8-12)15(17)18/h2-10,17-18H,11H2,1H3. The normalized spacial score (nSPS) is 10.2. The zero-order chi connectivity index (χ0) is 13.0. The van der Waals surface area contributed by atoms with E-state index in [4.69, 9.17) is 10.0 Å². The summed E-state index contributed by atoms with van der Waals surface area (Å²) in [5.74, 6) is 0. The number of anilines is 1. The maximum absolute atomic E-state index is 9.02. The van der Waals surface area contributed by atoms with Crippen LogP contribution in [0.2, 0.25) is 0 Å². The Hall–Kier alpha value is -1.78. The van der Waals surface area contributed by atoms with Gasteiger partial charge in [0.25, 0.3) is 0 Å². The lowest BCUT2D eigenvalue weighted by Gasteiger charge is -2.19. The average molecular weight is 241 g/mol. The molecule has 4 heteroatoms. The first kappa shape index (κ1) is 12.7. The summed E-state index contributed by atoms with van der Waals surface area (Å²) in [6, 6.07) is 17.4. The molecule has 2 aromatic rings. The molecule has 92 valence electrons. The monoisotopic (exact) mass is 241 g/mol. The first-order chi connectivity index (χ1) is 8.66. The Labute approximate surface area is 107 Å². The van der Waals surface area contributed by atoms with Crippen molar-refractivity contribution in [3.05, 3.63) is 60.2 Å². The largest absolute Gasteiger partial charge is 0.488 e. The van der Waals surface area contributed by atoms with Crippen molar-refractivity contribution >= 4 is 18.3 Å². The van der Waals surface area contributed by atoms with Crippen molar-refractivity contribution in [3.63, 3.8) is 0 Å². The van der Waals surface area contributed by atoms with Crippen molar-refractivity contribution < 1.29 is 10.0 Å². The number of para-hydroxylation sites is 1. The smallest absolute Gasteiger partial charge is 0.423 e. The molecule has 0 bridgehead atoms. The lowest BCUT2D eigenvalue weighted by Crippen LogP contribution is -2.29. The van der Waals surface area contributed by atoms with E-state index in [1.807, 2.05) is 37.4 Å². The Morgan fingerprint density at radius 3 is 2.11 bits per heavy atom. The lowest BCUT2D eigenvalue weighted by atomic mass is 9.80. The Balaban J connectivity index is 2.05. The van der Waals surface area contributed by atoms with Gasteiger partial charge in [-0.25, -0.2) is 0 Å². The van der Waals surface area contributed by atoms with E-state index in [0.717, 1.165) is 17.8 Å². The highest BCUT2D eigenvalue weighted by atomic mass is 16.4. The maximum atomic E-state index is 9.02. The average Bonchev–Trinajstić information content (AvgIpc) is 2.40. The summed E-state index contributed by atoms with van der Waals surface area (Å²) in [6.07, 6.45) is 0. The molecule has 3 nitrogen and oxygen atoms in total. The second-order valence-corrected chi connectivity index (χ2v) is 4.31. The molecule has 0 aromatic heterocycles. The highest BCUT2D eigenvalue weighted by molar-refractivity contribution is 6.58. The number of hydrogen-bond donors (Lipinski definition) is 2. The van der Waals surface area contributed by atoms with Gasteiger partial charge in [-0.05, 0) is 23.2 Å². The van der Waals surface area contributed by atoms with Gasteiger partial charge in [-0.2, -0.15) is 0 Å². The molecule has 0 aliphatic rings. The third kappa shape index (κ3) is 3.12. The van der Waals surface area contributed by atoms with Gasteiger partial charge in [0.05, 0.1) is 0 Å². The van der Waals surface area contributed by atoms with Crippen molar-refractivity contribution in [1.29, 1.82) is 0 Å². The molecule has 0 atom stereocenters. The van der Waals surface area contributed by atoms with Crippen LogP contribution in [0.5, 0.6) is 0 Å².